The van der Waals surface area contributed by atoms with Gasteiger partial charge >= 0.3 is 1.43 Å². The van der Waals surface area contributed by atoms with Crippen LogP contribution in [0.15, 0.2) is 125 Å². The SMILES string of the molecule is Cc1[nH]n(-c2ccccc2)c(=O)c1N=Nc1cc(Cl)c(S(N)(=O)=O)cc1[O-].Cc1[nH]n(-c2ccccc2)c(=O)c1N=Nc1cc(Cl)c(S(N)(=O)=O)cc1[O-].[Cr].[H+]. The summed E-state index contributed by atoms with van der Waals surface area (Å²) in [5.41, 5.74) is 0.741. The van der Waals surface area contributed by atoms with Gasteiger partial charge in [-0.1, -0.05) is 71.1 Å². The number of hydrogen-bond acceptors (Lipinski definition) is 12. The number of aromatic amines is 2. The van der Waals surface area contributed by atoms with Gasteiger partial charge in [-0.2, -0.15) is 10.2 Å². The number of nitrogens with zero attached hydrogens (tertiary/aromatic N) is 6. The van der Waals surface area contributed by atoms with E-state index in [0.29, 0.717) is 22.8 Å². The predicted octanol–water partition coefficient (Wildman–Crippen LogP) is 4.64. The maximum Gasteiger partial charge on any atom is 1.00 e. The molecule has 6 N–H and O–H groups in total. The van der Waals surface area contributed by atoms with Gasteiger partial charge in [0.15, 0.2) is 11.4 Å². The van der Waals surface area contributed by atoms with Crippen molar-refractivity contribution in [1.82, 2.24) is 19.6 Å². The first kappa shape index (κ1) is 42.4. The van der Waals surface area contributed by atoms with E-state index in [1.165, 1.54) is 9.36 Å². The van der Waals surface area contributed by atoms with Gasteiger partial charge in [-0.05, 0) is 62.4 Å². The van der Waals surface area contributed by atoms with Gasteiger partial charge in [0.25, 0.3) is 11.1 Å². The zero-order valence-electron chi connectivity index (χ0n) is 29.2. The molecule has 0 radical (unpaired) electrons. The molecule has 2 heterocycles. The van der Waals surface area contributed by atoms with Crippen molar-refractivity contribution in [2.75, 3.05) is 0 Å². The monoisotopic (exact) mass is 865 g/mol. The molecule has 6 aromatic rings. The van der Waals surface area contributed by atoms with Crippen molar-refractivity contribution in [2.24, 2.45) is 30.7 Å². The second-order valence-corrected chi connectivity index (χ2v) is 15.0. The molecule has 0 unspecified atom stereocenters. The van der Waals surface area contributed by atoms with E-state index in [-0.39, 0.29) is 51.6 Å². The number of halogens is 2. The first-order valence-corrected chi connectivity index (χ1v) is 18.9. The summed E-state index contributed by atoms with van der Waals surface area (Å²) in [5.74, 6) is -1.49. The van der Waals surface area contributed by atoms with Crippen LogP contribution in [-0.2, 0) is 37.4 Å². The summed E-state index contributed by atoms with van der Waals surface area (Å²) in [6.45, 7) is 3.26. The number of para-hydroxylation sites is 2. The molecule has 0 aliphatic heterocycles. The number of sulfonamides is 2. The van der Waals surface area contributed by atoms with E-state index >= 15 is 0 Å². The number of nitrogens with two attached hydrogens (primary N) is 2. The summed E-state index contributed by atoms with van der Waals surface area (Å²) in [5, 5.41) is 54.4. The average molecular weight is 867 g/mol. The van der Waals surface area contributed by atoms with Gasteiger partial charge in [-0.25, -0.2) is 36.5 Å². The van der Waals surface area contributed by atoms with Crippen LogP contribution in [-0.4, -0.2) is 36.4 Å². The molecule has 0 bridgehead atoms. The molecule has 0 fully saturated rings. The number of aromatic nitrogens is 4. The van der Waals surface area contributed by atoms with Gasteiger partial charge in [-0.15, -0.1) is 10.2 Å². The molecule has 0 saturated heterocycles. The molecule has 18 nitrogen and oxygen atoms in total. The molecule has 0 atom stereocenters. The Balaban J connectivity index is 0.000000290. The Morgan fingerprint density at radius 3 is 1.25 bits per heavy atom. The van der Waals surface area contributed by atoms with Crippen LogP contribution in [0.4, 0.5) is 22.7 Å². The standard InChI is InChI=1S/2C16H14ClN5O4S.Cr/c2*1-9-15(16(24)22(21-9)10-5-3-2-4-6-10)20-19-12-7-11(17)14(8-13(12)23)27(18,25)26;/h2*2-8,21,23H,1H3,(H2,18,25,26);/p-1. The minimum Gasteiger partial charge on any atom is -0.871 e. The van der Waals surface area contributed by atoms with Crippen LogP contribution in [0.2, 0.25) is 10.0 Å². The largest absolute Gasteiger partial charge is 1.00 e. The van der Waals surface area contributed by atoms with Crippen LogP contribution in [0.3, 0.4) is 0 Å². The van der Waals surface area contributed by atoms with Crippen LogP contribution < -0.4 is 31.6 Å². The zero-order chi connectivity index (χ0) is 39.5. The minimum atomic E-state index is -4.14. The van der Waals surface area contributed by atoms with E-state index in [4.69, 9.17) is 33.5 Å². The summed E-state index contributed by atoms with van der Waals surface area (Å²) >= 11 is 11.7. The summed E-state index contributed by atoms with van der Waals surface area (Å²) < 4.78 is 48.1. The summed E-state index contributed by atoms with van der Waals surface area (Å²) in [6.07, 6.45) is 0. The van der Waals surface area contributed by atoms with Crippen LogP contribution in [0.1, 0.15) is 12.8 Å². The number of aryl methyl sites for hydroxylation is 2. The molecule has 0 saturated carbocycles. The second kappa shape index (κ2) is 17.0. The summed E-state index contributed by atoms with van der Waals surface area (Å²) in [7, 11) is -8.29. The van der Waals surface area contributed by atoms with Gasteiger partial charge in [-0.3, -0.25) is 19.8 Å². The molecule has 286 valence electrons. The molecule has 0 aliphatic rings. The van der Waals surface area contributed by atoms with Crippen molar-refractivity contribution in [2.45, 2.75) is 23.6 Å². The fourth-order valence-electron chi connectivity index (χ4n) is 4.68. The van der Waals surface area contributed by atoms with Crippen LogP contribution in [0, 0.1) is 13.8 Å². The molecule has 6 rings (SSSR count). The number of primary sulfonamides is 2. The molecule has 2 aromatic heterocycles. The topological polar surface area (TPSA) is 291 Å². The van der Waals surface area contributed by atoms with E-state index in [9.17, 15) is 36.6 Å². The fraction of sp³-hybridized carbons (Fsp3) is 0.0625. The van der Waals surface area contributed by atoms with Gasteiger partial charge in [0.1, 0.15) is 0 Å². The zero-order valence-corrected chi connectivity index (χ0v) is 32.6. The number of benzene rings is 4. The van der Waals surface area contributed by atoms with E-state index in [0.717, 1.165) is 24.3 Å². The summed E-state index contributed by atoms with van der Waals surface area (Å²) in [4.78, 5) is 24.0. The first-order chi connectivity index (χ1) is 25.4. The molecular formula is C32H27Cl2CrN10O8S2-. The van der Waals surface area contributed by atoms with Gasteiger partial charge < -0.3 is 10.2 Å². The fourth-order valence-corrected chi connectivity index (χ4v) is 6.84. The third-order valence-electron chi connectivity index (χ3n) is 7.27. The molecule has 0 aliphatic carbocycles. The van der Waals surface area contributed by atoms with E-state index in [1.54, 1.807) is 62.4 Å². The van der Waals surface area contributed by atoms with Crippen molar-refractivity contribution < 1.29 is 45.8 Å². The Labute approximate surface area is 334 Å². The summed E-state index contributed by atoms with van der Waals surface area (Å²) in [6, 6.07) is 21.3. The van der Waals surface area contributed by atoms with E-state index in [2.05, 4.69) is 30.7 Å². The van der Waals surface area contributed by atoms with Crippen molar-refractivity contribution >= 4 is 66.0 Å². The Bertz CT molecular complexity index is 2600. The number of azo groups is 2. The van der Waals surface area contributed by atoms with Crippen molar-refractivity contribution in [3.8, 4) is 22.9 Å². The third kappa shape index (κ3) is 9.66. The van der Waals surface area contributed by atoms with Gasteiger partial charge in [0.2, 0.25) is 20.0 Å². The molecule has 23 heteroatoms. The van der Waals surface area contributed by atoms with Crippen molar-refractivity contribution in [3.63, 3.8) is 0 Å². The normalized spacial score (nSPS) is 11.7. The Kier molecular flexibility index (Phi) is 13.1. The smallest absolute Gasteiger partial charge is 0.871 e. The second-order valence-electron chi connectivity index (χ2n) is 11.1. The van der Waals surface area contributed by atoms with E-state index < -0.39 is 52.5 Å². The maximum absolute atomic E-state index is 12.5. The quantitative estimate of drug-likeness (QED) is 0.156. The van der Waals surface area contributed by atoms with Crippen LogP contribution >= 0.6 is 23.2 Å². The predicted molar refractivity (Wildman–Crippen MR) is 196 cm³/mol. The number of hydrogen-bond donors (Lipinski definition) is 4. The Hall–Kier alpha value is -5.37. The molecule has 4 aromatic carbocycles. The number of H-pyrrole nitrogens is 2. The first-order valence-electron chi connectivity index (χ1n) is 15.0. The van der Waals surface area contributed by atoms with Crippen LogP contribution in [0.25, 0.3) is 11.4 Å². The Morgan fingerprint density at radius 1 is 0.618 bits per heavy atom. The van der Waals surface area contributed by atoms with Gasteiger partial charge in [0, 0.05) is 17.4 Å². The number of nitrogens with one attached hydrogen (secondary N) is 2. The van der Waals surface area contributed by atoms with E-state index in [1.807, 2.05) is 12.1 Å². The van der Waals surface area contributed by atoms with Gasteiger partial charge in [0.05, 0.1) is 54.0 Å². The van der Waals surface area contributed by atoms with Crippen molar-refractivity contribution in [3.05, 3.63) is 127 Å². The molecule has 55 heavy (non-hydrogen) atoms. The number of rotatable bonds is 8. The average Bonchev–Trinajstić information content (AvgIpc) is 3.57. The third-order valence-corrected chi connectivity index (χ3v) is 10.0. The minimum absolute atomic E-state index is 0. The molecule has 0 spiro atoms. The maximum atomic E-state index is 12.5. The molecule has 0 amide bonds. The molecular weight excluding hydrogens is 839 g/mol. The Morgan fingerprint density at radius 2 is 0.945 bits per heavy atom. The van der Waals surface area contributed by atoms with Crippen molar-refractivity contribution in [1.29, 1.82) is 0 Å². The van der Waals surface area contributed by atoms with Crippen LogP contribution in [0.5, 0.6) is 11.5 Å².